The van der Waals surface area contributed by atoms with E-state index in [-0.39, 0.29) is 29.4 Å². The van der Waals surface area contributed by atoms with Crippen molar-refractivity contribution in [3.8, 4) is 11.5 Å². The summed E-state index contributed by atoms with van der Waals surface area (Å²) in [5, 5.41) is 21.7. The number of carbonyl (C=O) groups excluding carboxylic acids is 3. The van der Waals surface area contributed by atoms with Gasteiger partial charge in [0.05, 0.1) is 31.8 Å². The lowest BCUT2D eigenvalue weighted by Gasteiger charge is -2.26. The van der Waals surface area contributed by atoms with Gasteiger partial charge < -0.3 is 19.7 Å². The Morgan fingerprint density at radius 3 is 2.36 bits per heavy atom. The second kappa shape index (κ2) is 11.4. The third-order valence-electron chi connectivity index (χ3n) is 6.63. The highest BCUT2D eigenvalue weighted by Gasteiger charge is 2.47. The van der Waals surface area contributed by atoms with Crippen LogP contribution in [0.1, 0.15) is 55.0 Å². The van der Waals surface area contributed by atoms with Gasteiger partial charge in [-0.05, 0) is 72.0 Å². The minimum absolute atomic E-state index is 0.0466. The molecule has 1 aliphatic heterocycles. The number of ketones is 1. The summed E-state index contributed by atoms with van der Waals surface area (Å²) in [6.45, 7) is 6.36. The number of benzene rings is 3. The van der Waals surface area contributed by atoms with Crippen LogP contribution in [0, 0.1) is 0 Å². The number of rotatable bonds is 8. The van der Waals surface area contributed by atoms with Crippen molar-refractivity contribution in [2.24, 2.45) is 0 Å². The quantitative estimate of drug-likeness (QED) is 0.177. The maximum absolute atomic E-state index is 13.5. The molecule has 4 rings (SSSR count). The number of carbonyl (C=O) groups is 3. The smallest absolute Gasteiger partial charge is 0.309 e. The fourth-order valence-electron chi connectivity index (χ4n) is 4.71. The van der Waals surface area contributed by atoms with Crippen LogP contribution in [0.3, 0.4) is 0 Å². The largest absolute Gasteiger partial charge is 0.508 e. The Balaban J connectivity index is 1.87. The number of aliphatic hydroxyl groups excluding tert-OH is 1. The van der Waals surface area contributed by atoms with Gasteiger partial charge in [-0.3, -0.25) is 19.3 Å². The molecule has 0 radical (unpaired) electrons. The molecule has 0 aliphatic carbocycles. The molecule has 8 nitrogen and oxygen atoms in total. The Morgan fingerprint density at radius 1 is 1.03 bits per heavy atom. The lowest BCUT2D eigenvalue weighted by molar-refractivity contribution is -0.139. The number of aromatic hydroxyl groups is 1. The molecule has 1 aliphatic rings. The number of Topliss-reactive ketones (excluding diaryl/α,β-unsaturated/α-hetero) is 1. The molecule has 1 saturated heterocycles. The summed E-state index contributed by atoms with van der Waals surface area (Å²) in [4.78, 5) is 39.8. The van der Waals surface area contributed by atoms with Crippen LogP contribution in [0.4, 0.5) is 5.69 Å². The second-order valence-corrected chi connectivity index (χ2v) is 9.52. The molecule has 3 aromatic carbocycles. The fraction of sp³-hybridized carbons (Fsp3) is 0.258. The maximum Gasteiger partial charge on any atom is 0.309 e. The zero-order valence-corrected chi connectivity index (χ0v) is 22.3. The van der Waals surface area contributed by atoms with Crippen LogP contribution >= 0.6 is 0 Å². The molecule has 1 unspecified atom stereocenters. The number of ether oxygens (including phenoxy) is 2. The number of phenols is 1. The van der Waals surface area contributed by atoms with E-state index in [1.165, 1.54) is 24.1 Å². The first-order valence-electron chi connectivity index (χ1n) is 12.7. The molecule has 1 fully saturated rings. The van der Waals surface area contributed by atoms with Crippen molar-refractivity contribution in [2.75, 3.05) is 18.6 Å². The average Bonchev–Trinajstić information content (AvgIpc) is 3.19. The Hall–Kier alpha value is -4.59. The van der Waals surface area contributed by atoms with Crippen LogP contribution in [0.2, 0.25) is 0 Å². The third kappa shape index (κ3) is 5.50. The zero-order valence-electron chi connectivity index (χ0n) is 22.3. The van der Waals surface area contributed by atoms with E-state index in [1.54, 1.807) is 54.6 Å². The van der Waals surface area contributed by atoms with E-state index < -0.39 is 23.7 Å². The molecule has 202 valence electrons. The normalized spacial score (nSPS) is 16.5. The van der Waals surface area contributed by atoms with Crippen molar-refractivity contribution >= 4 is 29.1 Å². The Kier molecular flexibility index (Phi) is 8.04. The number of phenolic OH excluding ortho intramolecular Hbond substituents is 1. The summed E-state index contributed by atoms with van der Waals surface area (Å²) in [5.74, 6) is -1.68. The average molecular weight is 530 g/mol. The Labute approximate surface area is 227 Å². The predicted molar refractivity (Wildman–Crippen MR) is 147 cm³/mol. The number of hydrogen-bond acceptors (Lipinski definition) is 7. The molecular weight excluding hydrogens is 498 g/mol. The summed E-state index contributed by atoms with van der Waals surface area (Å²) >= 11 is 0. The van der Waals surface area contributed by atoms with Gasteiger partial charge in [-0.2, -0.15) is 0 Å². The van der Waals surface area contributed by atoms with Crippen LogP contribution in [0.5, 0.6) is 11.5 Å². The van der Waals surface area contributed by atoms with E-state index in [9.17, 15) is 24.6 Å². The topological polar surface area (TPSA) is 113 Å². The van der Waals surface area contributed by atoms with E-state index in [4.69, 9.17) is 9.47 Å². The summed E-state index contributed by atoms with van der Waals surface area (Å²) < 4.78 is 10.4. The number of aliphatic hydroxyl groups is 1. The Morgan fingerprint density at radius 2 is 1.74 bits per heavy atom. The second-order valence-electron chi connectivity index (χ2n) is 9.52. The molecule has 1 atom stereocenters. The highest BCUT2D eigenvalue weighted by Crippen LogP contribution is 2.43. The van der Waals surface area contributed by atoms with Crippen molar-refractivity contribution in [2.45, 2.75) is 39.2 Å². The van der Waals surface area contributed by atoms with Gasteiger partial charge in [0.2, 0.25) is 0 Å². The summed E-state index contributed by atoms with van der Waals surface area (Å²) in [6, 6.07) is 17.0. The van der Waals surface area contributed by atoms with Gasteiger partial charge in [-0.15, -0.1) is 0 Å². The van der Waals surface area contributed by atoms with Crippen molar-refractivity contribution in [3.05, 3.63) is 94.6 Å². The van der Waals surface area contributed by atoms with Gasteiger partial charge in [0.1, 0.15) is 17.3 Å². The number of amides is 1. The number of methoxy groups -OCH3 is 1. The van der Waals surface area contributed by atoms with E-state index in [2.05, 4.69) is 0 Å². The molecule has 0 spiro atoms. The minimum atomic E-state index is -1.00. The monoisotopic (exact) mass is 529 g/mol. The van der Waals surface area contributed by atoms with Crippen molar-refractivity contribution in [1.29, 1.82) is 0 Å². The third-order valence-corrected chi connectivity index (χ3v) is 6.63. The van der Waals surface area contributed by atoms with Crippen LogP contribution < -0.4 is 9.64 Å². The molecular formula is C31H31NO7. The molecule has 1 amide bonds. The standard InChI is InChI=1S/C31H31NO7/c1-5-39-25-14-11-21(17-24(25)18(2)3)29(35)27-28(20-7-6-8-23(33)16-20)32(31(37)30(27)36)22-12-9-19(10-13-22)15-26(34)38-4/h6-14,16-18,28,33,35H,5,15H2,1-4H3/b29-27-. The van der Waals surface area contributed by atoms with Crippen LogP contribution in [-0.2, 0) is 25.5 Å². The van der Waals surface area contributed by atoms with Gasteiger partial charge in [0, 0.05) is 11.3 Å². The highest BCUT2D eigenvalue weighted by atomic mass is 16.5. The summed E-state index contributed by atoms with van der Waals surface area (Å²) in [7, 11) is 1.31. The van der Waals surface area contributed by atoms with Gasteiger partial charge in [0.25, 0.3) is 11.7 Å². The molecule has 0 saturated carbocycles. The Bertz CT molecular complexity index is 1440. The summed E-state index contributed by atoms with van der Waals surface area (Å²) in [6.07, 6.45) is 0.0571. The molecule has 2 N–H and O–H groups in total. The van der Waals surface area contributed by atoms with E-state index in [1.807, 2.05) is 20.8 Å². The van der Waals surface area contributed by atoms with E-state index in [0.717, 1.165) is 5.56 Å². The fourth-order valence-corrected chi connectivity index (χ4v) is 4.71. The molecule has 39 heavy (non-hydrogen) atoms. The van der Waals surface area contributed by atoms with Crippen LogP contribution in [-0.4, -0.2) is 41.6 Å². The first-order chi connectivity index (χ1) is 18.7. The SMILES string of the molecule is CCOc1ccc(/C(O)=C2/C(=O)C(=O)N(c3ccc(CC(=O)OC)cc3)C2c2cccc(O)c2)cc1C(C)C. The van der Waals surface area contributed by atoms with Crippen molar-refractivity contribution in [1.82, 2.24) is 0 Å². The number of esters is 1. The summed E-state index contributed by atoms with van der Waals surface area (Å²) in [5.41, 5.74) is 2.65. The molecule has 8 heteroatoms. The van der Waals surface area contributed by atoms with Gasteiger partial charge >= 0.3 is 5.97 Å². The molecule has 1 heterocycles. The van der Waals surface area contributed by atoms with Gasteiger partial charge in [-0.1, -0.05) is 38.1 Å². The lowest BCUT2D eigenvalue weighted by Crippen LogP contribution is -2.29. The van der Waals surface area contributed by atoms with Crippen LogP contribution in [0.25, 0.3) is 5.76 Å². The number of anilines is 1. The van der Waals surface area contributed by atoms with E-state index in [0.29, 0.717) is 34.7 Å². The maximum atomic E-state index is 13.5. The zero-order chi connectivity index (χ0) is 28.3. The molecule has 3 aromatic rings. The molecule has 0 aromatic heterocycles. The minimum Gasteiger partial charge on any atom is -0.508 e. The number of hydrogen-bond donors (Lipinski definition) is 2. The van der Waals surface area contributed by atoms with Gasteiger partial charge in [0.15, 0.2) is 0 Å². The van der Waals surface area contributed by atoms with E-state index >= 15 is 0 Å². The lowest BCUT2D eigenvalue weighted by atomic mass is 9.93. The van der Waals surface area contributed by atoms with Crippen molar-refractivity contribution in [3.63, 3.8) is 0 Å². The van der Waals surface area contributed by atoms with Crippen LogP contribution in [0.15, 0.2) is 72.3 Å². The first kappa shape index (κ1) is 27.4. The highest BCUT2D eigenvalue weighted by molar-refractivity contribution is 6.51. The predicted octanol–water partition coefficient (Wildman–Crippen LogP) is 5.26. The van der Waals surface area contributed by atoms with Crippen molar-refractivity contribution < 1.29 is 34.1 Å². The number of nitrogens with zero attached hydrogens (tertiary/aromatic N) is 1. The molecule has 0 bridgehead atoms. The van der Waals surface area contributed by atoms with Gasteiger partial charge in [-0.25, -0.2) is 0 Å². The first-order valence-corrected chi connectivity index (χ1v) is 12.7.